The minimum Gasteiger partial charge on any atom is -0.355 e. The number of rotatable bonds is 4. The van der Waals surface area contributed by atoms with Crippen LogP contribution < -0.4 is 4.90 Å². The van der Waals surface area contributed by atoms with Crippen LogP contribution in [0.4, 0.5) is 5.82 Å². The summed E-state index contributed by atoms with van der Waals surface area (Å²) in [5.41, 5.74) is 1.31. The summed E-state index contributed by atoms with van der Waals surface area (Å²) in [5.74, 6) is 1.03. The summed E-state index contributed by atoms with van der Waals surface area (Å²) in [6.07, 6.45) is 0.672. The maximum atomic E-state index is 11.2. The van der Waals surface area contributed by atoms with Gasteiger partial charge in [0, 0.05) is 18.6 Å². The van der Waals surface area contributed by atoms with E-state index in [-0.39, 0.29) is 5.15 Å². The van der Waals surface area contributed by atoms with Crippen molar-refractivity contribution in [2.24, 2.45) is 0 Å². The van der Waals surface area contributed by atoms with Crippen LogP contribution in [-0.2, 0) is 6.54 Å². The number of hydrogen-bond acceptors (Lipinski definition) is 4. The minimum atomic E-state index is 0.167. The van der Waals surface area contributed by atoms with Gasteiger partial charge in [-0.1, -0.05) is 35.3 Å². The molecule has 0 saturated heterocycles. The number of aldehydes is 1. The van der Waals surface area contributed by atoms with Gasteiger partial charge in [-0.25, -0.2) is 9.97 Å². The van der Waals surface area contributed by atoms with Crippen LogP contribution in [0.25, 0.3) is 0 Å². The average molecular weight is 310 g/mol. The summed E-state index contributed by atoms with van der Waals surface area (Å²) in [5, 5.41) is 0.837. The van der Waals surface area contributed by atoms with E-state index in [2.05, 4.69) is 9.97 Å². The standard InChI is InChI=1S/C14H13Cl2N3O/c1-9-17-13(16)12(8-20)14(18-9)19(2)7-10-4-3-5-11(15)6-10/h3-6,8H,7H2,1-2H3. The van der Waals surface area contributed by atoms with Crippen molar-refractivity contribution in [1.29, 1.82) is 0 Å². The monoisotopic (exact) mass is 309 g/mol. The number of benzene rings is 1. The van der Waals surface area contributed by atoms with Gasteiger partial charge in [0.05, 0.1) is 5.56 Å². The average Bonchev–Trinajstić information content (AvgIpc) is 2.37. The second-order valence-corrected chi connectivity index (χ2v) is 5.20. The Bertz CT molecular complexity index is 646. The first-order valence-corrected chi connectivity index (χ1v) is 6.71. The Balaban J connectivity index is 2.33. The zero-order valence-corrected chi connectivity index (χ0v) is 12.6. The van der Waals surface area contributed by atoms with Gasteiger partial charge < -0.3 is 4.90 Å². The fourth-order valence-corrected chi connectivity index (χ4v) is 2.37. The SMILES string of the molecule is Cc1nc(Cl)c(C=O)c(N(C)Cc2cccc(Cl)c2)n1. The van der Waals surface area contributed by atoms with Crippen LogP contribution in [0.2, 0.25) is 10.2 Å². The van der Waals surface area contributed by atoms with Crippen LogP contribution in [-0.4, -0.2) is 23.3 Å². The van der Waals surface area contributed by atoms with Crippen molar-refractivity contribution in [3.8, 4) is 0 Å². The lowest BCUT2D eigenvalue weighted by atomic mass is 10.2. The number of halogens is 2. The minimum absolute atomic E-state index is 0.167. The Kier molecular flexibility index (Phi) is 4.57. The molecule has 0 bridgehead atoms. The van der Waals surface area contributed by atoms with E-state index in [1.54, 1.807) is 6.92 Å². The van der Waals surface area contributed by atoms with Gasteiger partial charge in [-0.2, -0.15) is 0 Å². The van der Waals surface area contributed by atoms with E-state index in [4.69, 9.17) is 23.2 Å². The highest BCUT2D eigenvalue weighted by molar-refractivity contribution is 6.32. The molecule has 2 rings (SSSR count). The van der Waals surface area contributed by atoms with E-state index < -0.39 is 0 Å². The molecule has 0 aliphatic carbocycles. The van der Waals surface area contributed by atoms with Crippen molar-refractivity contribution in [2.75, 3.05) is 11.9 Å². The summed E-state index contributed by atoms with van der Waals surface area (Å²) in [4.78, 5) is 21.3. The fraction of sp³-hybridized carbons (Fsp3) is 0.214. The fourth-order valence-electron chi connectivity index (χ4n) is 1.91. The van der Waals surface area contributed by atoms with Crippen molar-refractivity contribution in [1.82, 2.24) is 9.97 Å². The predicted molar refractivity (Wildman–Crippen MR) is 80.7 cm³/mol. The normalized spacial score (nSPS) is 10.4. The molecule has 0 N–H and O–H groups in total. The molecule has 1 aromatic heterocycles. The predicted octanol–water partition coefficient (Wildman–Crippen LogP) is 3.54. The highest BCUT2D eigenvalue weighted by Gasteiger charge is 2.15. The van der Waals surface area contributed by atoms with Crippen LogP contribution in [0.5, 0.6) is 0 Å². The smallest absolute Gasteiger partial charge is 0.156 e. The number of hydrogen-bond donors (Lipinski definition) is 0. The zero-order chi connectivity index (χ0) is 14.7. The van der Waals surface area contributed by atoms with Crippen LogP contribution >= 0.6 is 23.2 Å². The molecular weight excluding hydrogens is 297 g/mol. The quantitative estimate of drug-likeness (QED) is 0.640. The van der Waals surface area contributed by atoms with Crippen LogP contribution in [0.1, 0.15) is 21.7 Å². The molecule has 0 spiro atoms. The molecule has 0 aliphatic rings. The molecule has 2 aromatic rings. The van der Waals surface area contributed by atoms with E-state index >= 15 is 0 Å². The van der Waals surface area contributed by atoms with Gasteiger partial charge in [-0.05, 0) is 24.6 Å². The summed E-state index contributed by atoms with van der Waals surface area (Å²) >= 11 is 11.9. The van der Waals surface area contributed by atoms with Crippen LogP contribution in [0.3, 0.4) is 0 Å². The summed E-state index contributed by atoms with van der Waals surface area (Å²) in [6, 6.07) is 7.52. The Morgan fingerprint density at radius 2 is 2.05 bits per heavy atom. The summed E-state index contributed by atoms with van der Waals surface area (Å²) in [6.45, 7) is 2.30. The number of carbonyl (C=O) groups excluding carboxylic acids is 1. The van der Waals surface area contributed by atoms with Gasteiger partial charge >= 0.3 is 0 Å². The van der Waals surface area contributed by atoms with E-state index in [0.717, 1.165) is 5.56 Å². The molecule has 0 saturated carbocycles. The first-order chi connectivity index (χ1) is 9.51. The maximum Gasteiger partial charge on any atom is 0.156 e. The molecule has 0 fully saturated rings. The van der Waals surface area contributed by atoms with E-state index in [9.17, 15) is 4.79 Å². The zero-order valence-electron chi connectivity index (χ0n) is 11.1. The maximum absolute atomic E-state index is 11.2. The highest BCUT2D eigenvalue weighted by atomic mass is 35.5. The molecule has 0 unspecified atom stereocenters. The first-order valence-electron chi connectivity index (χ1n) is 5.96. The Morgan fingerprint density at radius 3 is 2.70 bits per heavy atom. The lowest BCUT2D eigenvalue weighted by molar-refractivity contribution is 0.112. The van der Waals surface area contributed by atoms with Gasteiger partial charge in [-0.15, -0.1) is 0 Å². The molecule has 6 heteroatoms. The molecular formula is C14H13Cl2N3O. The molecule has 1 aromatic carbocycles. The number of nitrogens with zero attached hydrogens (tertiary/aromatic N) is 3. The highest BCUT2D eigenvalue weighted by Crippen LogP contribution is 2.23. The van der Waals surface area contributed by atoms with E-state index in [1.807, 2.05) is 36.2 Å². The van der Waals surface area contributed by atoms with Crippen molar-refractivity contribution < 1.29 is 4.79 Å². The third kappa shape index (κ3) is 3.26. The van der Waals surface area contributed by atoms with Crippen molar-refractivity contribution in [3.63, 3.8) is 0 Å². The number of aryl methyl sites for hydroxylation is 1. The largest absolute Gasteiger partial charge is 0.355 e. The third-order valence-electron chi connectivity index (χ3n) is 2.78. The molecule has 1 heterocycles. The number of aromatic nitrogens is 2. The van der Waals surface area contributed by atoms with Crippen LogP contribution in [0, 0.1) is 6.92 Å². The third-order valence-corrected chi connectivity index (χ3v) is 3.30. The molecule has 0 amide bonds. The lowest BCUT2D eigenvalue weighted by Gasteiger charge is -2.20. The summed E-state index contributed by atoms with van der Waals surface area (Å²) < 4.78 is 0. The van der Waals surface area contributed by atoms with E-state index in [1.165, 1.54) is 0 Å². The molecule has 104 valence electrons. The van der Waals surface area contributed by atoms with Crippen molar-refractivity contribution in [3.05, 3.63) is 51.4 Å². The number of anilines is 1. The first kappa shape index (κ1) is 14.8. The Morgan fingerprint density at radius 1 is 1.30 bits per heavy atom. The van der Waals surface area contributed by atoms with Gasteiger partial charge in [0.25, 0.3) is 0 Å². The molecule has 0 atom stereocenters. The molecule has 20 heavy (non-hydrogen) atoms. The molecule has 0 radical (unpaired) electrons. The molecule has 0 aliphatic heterocycles. The second-order valence-electron chi connectivity index (χ2n) is 4.40. The Hall–Kier alpha value is -1.65. The van der Waals surface area contributed by atoms with Gasteiger partial charge in [-0.3, -0.25) is 4.79 Å². The lowest BCUT2D eigenvalue weighted by Crippen LogP contribution is -2.20. The number of carbonyl (C=O) groups is 1. The van der Waals surface area contributed by atoms with Gasteiger partial charge in [0.15, 0.2) is 6.29 Å². The molecule has 4 nitrogen and oxygen atoms in total. The second kappa shape index (κ2) is 6.20. The van der Waals surface area contributed by atoms with Crippen LogP contribution in [0.15, 0.2) is 24.3 Å². The summed E-state index contributed by atoms with van der Waals surface area (Å²) in [7, 11) is 1.84. The topological polar surface area (TPSA) is 46.1 Å². The van der Waals surface area contributed by atoms with Crippen molar-refractivity contribution >= 4 is 35.3 Å². The van der Waals surface area contributed by atoms with Gasteiger partial charge in [0.1, 0.15) is 16.8 Å². The van der Waals surface area contributed by atoms with Gasteiger partial charge in [0.2, 0.25) is 0 Å². The van der Waals surface area contributed by atoms with E-state index in [0.29, 0.717) is 35.1 Å². The Labute approximate surface area is 127 Å². The van der Waals surface area contributed by atoms with Crippen molar-refractivity contribution in [2.45, 2.75) is 13.5 Å².